The maximum Gasteiger partial charge on any atom is 0.410 e. The number of rotatable bonds is 6. The molecular formula is C24H28N4O5S. The molecule has 0 spiro atoms. The maximum atomic E-state index is 12.7. The van der Waals surface area contributed by atoms with Gasteiger partial charge in [0.25, 0.3) is 0 Å². The Morgan fingerprint density at radius 3 is 2.97 bits per heavy atom. The van der Waals surface area contributed by atoms with Gasteiger partial charge in [0.1, 0.15) is 23.8 Å². The minimum absolute atomic E-state index is 0.00101. The number of carbonyl (C=O) groups excluding carboxylic acids is 2. The predicted octanol–water partition coefficient (Wildman–Crippen LogP) is 3.79. The second-order valence-corrected chi connectivity index (χ2v) is 10.1. The van der Waals surface area contributed by atoms with E-state index in [1.54, 1.807) is 17.3 Å². The highest BCUT2D eigenvalue weighted by Gasteiger charge is 2.34. The van der Waals surface area contributed by atoms with Gasteiger partial charge in [-0.15, -0.1) is 11.3 Å². The van der Waals surface area contributed by atoms with Crippen molar-refractivity contribution in [2.24, 2.45) is 0 Å². The second-order valence-electron chi connectivity index (χ2n) is 8.96. The average molecular weight is 485 g/mol. The van der Waals surface area contributed by atoms with E-state index >= 15 is 0 Å². The molecule has 0 aliphatic carbocycles. The number of pyridine rings is 1. The van der Waals surface area contributed by atoms with Crippen molar-refractivity contribution in [3.05, 3.63) is 46.1 Å². The lowest BCUT2D eigenvalue weighted by Gasteiger charge is -2.26. The van der Waals surface area contributed by atoms with Gasteiger partial charge < -0.3 is 24.4 Å². The summed E-state index contributed by atoms with van der Waals surface area (Å²) in [6.07, 6.45) is 3.54. The van der Waals surface area contributed by atoms with Crippen LogP contribution in [-0.4, -0.2) is 53.5 Å². The van der Waals surface area contributed by atoms with Crippen LogP contribution in [-0.2, 0) is 32.0 Å². The van der Waals surface area contributed by atoms with Gasteiger partial charge in [-0.1, -0.05) is 13.0 Å². The molecule has 2 atom stereocenters. The SMILES string of the molecule is CC(CC(=O)Nc1sc2c(c1C#N)CCN(C(=O)OCC1COC(C)(C)O1)C2)c1cccnc1. The Balaban J connectivity index is 1.35. The quantitative estimate of drug-likeness (QED) is 0.663. The number of ether oxygens (including phenoxy) is 3. The van der Waals surface area contributed by atoms with Crippen LogP contribution in [0.5, 0.6) is 0 Å². The molecule has 2 aromatic rings. The molecule has 9 nitrogen and oxygen atoms in total. The number of thiophene rings is 1. The summed E-state index contributed by atoms with van der Waals surface area (Å²) in [6.45, 7) is 6.88. The number of anilines is 1. The Morgan fingerprint density at radius 2 is 2.29 bits per heavy atom. The van der Waals surface area contributed by atoms with Gasteiger partial charge in [-0.2, -0.15) is 5.26 Å². The predicted molar refractivity (Wildman–Crippen MR) is 125 cm³/mol. The standard InChI is InChI=1S/C24H28N4O5S/c1-15(16-5-4-7-26-11-16)9-21(29)27-22-19(10-25)18-6-8-28(12-20(18)34-22)23(30)31-13-17-14-32-24(2,3)33-17/h4-5,7,11,15,17H,6,8-9,12-14H2,1-3H3,(H,27,29). The fourth-order valence-corrected chi connectivity index (χ4v) is 5.34. The summed E-state index contributed by atoms with van der Waals surface area (Å²) < 4.78 is 16.6. The first kappa shape index (κ1) is 24.1. The van der Waals surface area contributed by atoms with Gasteiger partial charge in [0.2, 0.25) is 5.91 Å². The normalized spacial score (nSPS) is 19.7. The smallest absolute Gasteiger partial charge is 0.410 e. The highest BCUT2D eigenvalue weighted by Crippen LogP contribution is 2.37. The number of nitrogens with zero attached hydrogens (tertiary/aromatic N) is 3. The lowest BCUT2D eigenvalue weighted by atomic mass is 9.99. The molecule has 1 N–H and O–H groups in total. The Kier molecular flexibility index (Phi) is 7.16. The molecular weight excluding hydrogens is 456 g/mol. The lowest BCUT2D eigenvalue weighted by molar-refractivity contribution is -0.143. The van der Waals surface area contributed by atoms with Crippen LogP contribution in [0.2, 0.25) is 0 Å². The highest BCUT2D eigenvalue weighted by atomic mass is 32.1. The summed E-state index contributed by atoms with van der Waals surface area (Å²) >= 11 is 1.34. The van der Waals surface area contributed by atoms with Crippen molar-refractivity contribution in [1.82, 2.24) is 9.88 Å². The minimum atomic E-state index is -0.668. The topological polar surface area (TPSA) is 114 Å². The molecule has 2 amide bonds. The number of carbonyl (C=O) groups is 2. The summed E-state index contributed by atoms with van der Waals surface area (Å²) in [4.78, 5) is 31.9. The molecule has 2 aliphatic rings. The Bertz CT molecular complexity index is 1090. The third-order valence-electron chi connectivity index (χ3n) is 5.88. The number of amides is 2. The number of nitrogens with one attached hydrogen (secondary N) is 1. The number of aromatic nitrogens is 1. The molecule has 0 aromatic carbocycles. The number of nitriles is 1. The second kappa shape index (κ2) is 10.1. The molecule has 4 heterocycles. The fourth-order valence-electron chi connectivity index (χ4n) is 4.11. The van der Waals surface area contributed by atoms with Crippen LogP contribution in [0.1, 0.15) is 54.7 Å². The van der Waals surface area contributed by atoms with E-state index in [-0.39, 0.29) is 31.0 Å². The van der Waals surface area contributed by atoms with Crippen molar-refractivity contribution in [3.8, 4) is 6.07 Å². The Hall–Kier alpha value is -3.00. The molecule has 10 heteroatoms. The zero-order chi connectivity index (χ0) is 24.3. The highest BCUT2D eigenvalue weighted by molar-refractivity contribution is 7.16. The number of fused-ring (bicyclic) bond motifs is 1. The molecule has 2 unspecified atom stereocenters. The summed E-state index contributed by atoms with van der Waals surface area (Å²) in [7, 11) is 0. The van der Waals surface area contributed by atoms with Crippen LogP contribution in [0.4, 0.5) is 9.80 Å². The first-order valence-corrected chi connectivity index (χ1v) is 12.0. The van der Waals surface area contributed by atoms with E-state index in [9.17, 15) is 14.9 Å². The molecule has 180 valence electrons. The van der Waals surface area contributed by atoms with Crippen LogP contribution >= 0.6 is 11.3 Å². The van der Waals surface area contributed by atoms with Gasteiger partial charge >= 0.3 is 6.09 Å². The first-order chi connectivity index (χ1) is 16.3. The van der Waals surface area contributed by atoms with E-state index in [1.165, 1.54) is 11.3 Å². The van der Waals surface area contributed by atoms with Crippen molar-refractivity contribution < 1.29 is 23.8 Å². The fraction of sp³-hybridized carbons (Fsp3) is 0.500. The average Bonchev–Trinajstić information content (AvgIpc) is 3.35. The van der Waals surface area contributed by atoms with Gasteiger partial charge in [0, 0.05) is 30.2 Å². The van der Waals surface area contributed by atoms with Crippen molar-refractivity contribution >= 4 is 28.3 Å². The number of hydrogen-bond acceptors (Lipinski definition) is 8. The van der Waals surface area contributed by atoms with Crippen LogP contribution in [0.15, 0.2) is 24.5 Å². The largest absolute Gasteiger partial charge is 0.447 e. The van der Waals surface area contributed by atoms with Gasteiger partial charge in [0.05, 0.1) is 18.7 Å². The third kappa shape index (κ3) is 5.55. The van der Waals surface area contributed by atoms with Crippen LogP contribution in [0, 0.1) is 11.3 Å². The Labute approximate surface area is 202 Å². The summed E-state index contributed by atoms with van der Waals surface area (Å²) in [5, 5.41) is 13.2. The van der Waals surface area contributed by atoms with E-state index in [1.807, 2.05) is 32.9 Å². The molecule has 1 saturated heterocycles. The van der Waals surface area contributed by atoms with Crippen LogP contribution in [0.3, 0.4) is 0 Å². The molecule has 2 aromatic heterocycles. The lowest BCUT2D eigenvalue weighted by Crippen LogP contribution is -2.37. The van der Waals surface area contributed by atoms with Gasteiger partial charge in [0.15, 0.2) is 5.79 Å². The van der Waals surface area contributed by atoms with Crippen molar-refractivity contribution in [2.75, 3.05) is 25.1 Å². The van der Waals surface area contributed by atoms with E-state index in [0.29, 0.717) is 36.7 Å². The van der Waals surface area contributed by atoms with Crippen molar-refractivity contribution in [2.45, 2.75) is 58.0 Å². The summed E-state index contributed by atoms with van der Waals surface area (Å²) in [5.74, 6) is -0.832. The van der Waals surface area contributed by atoms with Gasteiger partial charge in [-0.25, -0.2) is 4.79 Å². The van der Waals surface area contributed by atoms with E-state index in [0.717, 1.165) is 16.0 Å². The molecule has 0 bridgehead atoms. The molecule has 2 aliphatic heterocycles. The maximum absolute atomic E-state index is 12.7. The Morgan fingerprint density at radius 1 is 1.47 bits per heavy atom. The molecule has 34 heavy (non-hydrogen) atoms. The van der Waals surface area contributed by atoms with Crippen LogP contribution in [0.25, 0.3) is 0 Å². The van der Waals surface area contributed by atoms with Crippen LogP contribution < -0.4 is 5.32 Å². The number of hydrogen-bond donors (Lipinski definition) is 1. The van der Waals surface area contributed by atoms with Crippen molar-refractivity contribution in [3.63, 3.8) is 0 Å². The minimum Gasteiger partial charge on any atom is -0.447 e. The van der Waals surface area contributed by atoms with Gasteiger partial charge in [-0.05, 0) is 43.4 Å². The van der Waals surface area contributed by atoms with Crippen molar-refractivity contribution in [1.29, 1.82) is 5.26 Å². The monoisotopic (exact) mass is 484 g/mol. The third-order valence-corrected chi connectivity index (χ3v) is 7.02. The zero-order valence-corrected chi connectivity index (χ0v) is 20.3. The summed E-state index contributed by atoms with van der Waals surface area (Å²) in [5.41, 5.74) is 2.35. The molecule has 4 rings (SSSR count). The van der Waals surface area contributed by atoms with E-state index < -0.39 is 11.9 Å². The van der Waals surface area contributed by atoms with Gasteiger partial charge in [-0.3, -0.25) is 9.78 Å². The summed E-state index contributed by atoms with van der Waals surface area (Å²) in [6, 6.07) is 6.01. The van der Waals surface area contributed by atoms with E-state index in [2.05, 4.69) is 16.4 Å². The molecule has 0 radical (unpaired) electrons. The van der Waals surface area contributed by atoms with E-state index in [4.69, 9.17) is 14.2 Å². The zero-order valence-electron chi connectivity index (χ0n) is 19.5. The molecule has 0 saturated carbocycles. The molecule has 1 fully saturated rings. The first-order valence-electron chi connectivity index (χ1n) is 11.2.